The normalized spacial score (nSPS) is 17.5. The Morgan fingerprint density at radius 3 is 2.84 bits per heavy atom. The Hall–Kier alpha value is -2.97. The Morgan fingerprint density at radius 1 is 1.13 bits per heavy atom. The van der Waals surface area contributed by atoms with E-state index < -0.39 is 0 Å². The van der Waals surface area contributed by atoms with Crippen LogP contribution in [0.3, 0.4) is 0 Å². The van der Waals surface area contributed by atoms with Gasteiger partial charge in [0, 0.05) is 49.9 Å². The number of aliphatic imine (C=N–C) groups is 2. The first kappa shape index (κ1) is 20.0. The number of halogens is 1. The number of fused-ring (bicyclic) bond motifs is 4. The zero-order chi connectivity index (χ0) is 21.2. The van der Waals surface area contributed by atoms with Crippen LogP contribution in [0.2, 0.25) is 0 Å². The number of amidine groups is 1. The van der Waals surface area contributed by atoms with Gasteiger partial charge in [-0.3, -0.25) is 0 Å². The molecule has 3 heterocycles. The molecule has 0 unspecified atom stereocenters. The third-order valence-electron chi connectivity index (χ3n) is 5.87. The molecule has 5 rings (SSSR count). The lowest BCUT2D eigenvalue weighted by Crippen LogP contribution is -2.43. The number of piperazine rings is 1. The van der Waals surface area contributed by atoms with E-state index in [1.54, 1.807) is 19.5 Å². The van der Waals surface area contributed by atoms with E-state index in [9.17, 15) is 4.39 Å². The van der Waals surface area contributed by atoms with Crippen LogP contribution < -0.4 is 14.8 Å². The van der Waals surface area contributed by atoms with E-state index in [0.29, 0.717) is 35.9 Å². The highest BCUT2D eigenvalue weighted by molar-refractivity contribution is 6.12. The standard InChI is InChI=1S/C23H26FN5O2/c1-30-21-13-20-16(12-22(21)31-11-3-8-28-9-6-25-7-10-28)23-27-19-5-2-4-18(24)17(19)14-29(23)15-26-20/h2,4-5,12-13,15,25H,3,6-11,14H2,1H3. The molecular weight excluding hydrogens is 397 g/mol. The van der Waals surface area contributed by atoms with Gasteiger partial charge in [-0.25, -0.2) is 14.4 Å². The number of nitrogens with one attached hydrogen (secondary N) is 1. The second-order valence-corrected chi connectivity index (χ2v) is 7.86. The van der Waals surface area contributed by atoms with Crippen molar-refractivity contribution in [2.24, 2.45) is 9.98 Å². The number of hydrogen-bond donors (Lipinski definition) is 1. The van der Waals surface area contributed by atoms with E-state index in [4.69, 9.17) is 14.5 Å². The topological polar surface area (TPSA) is 61.7 Å². The van der Waals surface area contributed by atoms with Crippen molar-refractivity contribution in [3.05, 3.63) is 47.3 Å². The van der Waals surface area contributed by atoms with Gasteiger partial charge in [0.25, 0.3) is 0 Å². The molecule has 2 aromatic carbocycles. The molecule has 0 aromatic heterocycles. The molecular formula is C23H26FN5O2. The maximum absolute atomic E-state index is 14.2. The quantitative estimate of drug-likeness (QED) is 0.724. The van der Waals surface area contributed by atoms with Crippen molar-refractivity contribution in [1.82, 2.24) is 15.1 Å². The van der Waals surface area contributed by atoms with Gasteiger partial charge >= 0.3 is 0 Å². The fourth-order valence-corrected chi connectivity index (χ4v) is 4.19. The lowest BCUT2D eigenvalue weighted by atomic mass is 10.0. The number of nitrogens with zero attached hydrogens (tertiary/aromatic N) is 4. The maximum atomic E-state index is 14.2. The third-order valence-corrected chi connectivity index (χ3v) is 5.87. The van der Waals surface area contributed by atoms with Gasteiger partial charge in [-0.2, -0.15) is 0 Å². The van der Waals surface area contributed by atoms with Crippen molar-refractivity contribution >= 4 is 23.5 Å². The highest BCUT2D eigenvalue weighted by atomic mass is 19.1. The Balaban J connectivity index is 1.37. The van der Waals surface area contributed by atoms with E-state index in [2.05, 4.69) is 15.2 Å². The summed E-state index contributed by atoms with van der Waals surface area (Å²) in [6.07, 6.45) is 2.64. The van der Waals surface area contributed by atoms with E-state index in [0.717, 1.165) is 56.2 Å². The van der Waals surface area contributed by atoms with Crippen molar-refractivity contribution in [3.63, 3.8) is 0 Å². The SMILES string of the molecule is COc1cc2c(cc1OCCCN1CCNCC1)C1=Nc3cccc(F)c3CN1C=N2. The summed E-state index contributed by atoms with van der Waals surface area (Å²) in [5, 5.41) is 3.37. The molecule has 0 bridgehead atoms. The second kappa shape index (κ2) is 8.64. The third kappa shape index (κ3) is 4.00. The van der Waals surface area contributed by atoms with Crippen LogP contribution in [-0.2, 0) is 6.54 Å². The highest BCUT2D eigenvalue weighted by Crippen LogP contribution is 2.40. The van der Waals surface area contributed by atoms with Crippen molar-refractivity contribution in [1.29, 1.82) is 0 Å². The predicted molar refractivity (Wildman–Crippen MR) is 119 cm³/mol. The summed E-state index contributed by atoms with van der Waals surface area (Å²) in [7, 11) is 1.63. The minimum absolute atomic E-state index is 0.247. The number of benzene rings is 2. The molecule has 31 heavy (non-hydrogen) atoms. The second-order valence-electron chi connectivity index (χ2n) is 7.86. The van der Waals surface area contributed by atoms with Crippen LogP contribution in [0.5, 0.6) is 11.5 Å². The summed E-state index contributed by atoms with van der Waals surface area (Å²) in [6, 6.07) is 8.80. The van der Waals surface area contributed by atoms with Gasteiger partial charge in [-0.1, -0.05) is 6.07 Å². The van der Waals surface area contributed by atoms with Gasteiger partial charge < -0.3 is 24.6 Å². The van der Waals surface area contributed by atoms with Gasteiger partial charge in [0.2, 0.25) is 0 Å². The first-order chi connectivity index (χ1) is 15.2. The van der Waals surface area contributed by atoms with Crippen LogP contribution in [0.4, 0.5) is 15.8 Å². The Bertz CT molecular complexity index is 1030. The highest BCUT2D eigenvalue weighted by Gasteiger charge is 2.28. The summed E-state index contributed by atoms with van der Waals surface area (Å²) >= 11 is 0. The van der Waals surface area contributed by atoms with Crippen LogP contribution in [0, 0.1) is 5.82 Å². The number of hydrogen-bond acceptors (Lipinski definition) is 7. The molecule has 3 aliphatic heterocycles. The van der Waals surface area contributed by atoms with E-state index in [-0.39, 0.29) is 5.82 Å². The largest absolute Gasteiger partial charge is 0.493 e. The summed E-state index contributed by atoms with van der Waals surface area (Å²) < 4.78 is 25.9. The molecule has 0 spiro atoms. The number of methoxy groups -OCH3 is 1. The summed E-state index contributed by atoms with van der Waals surface area (Å²) in [5.41, 5.74) is 2.86. The van der Waals surface area contributed by atoms with Gasteiger partial charge in [-0.05, 0) is 24.6 Å². The molecule has 0 radical (unpaired) electrons. The molecule has 1 fully saturated rings. The summed E-state index contributed by atoms with van der Waals surface area (Å²) in [4.78, 5) is 13.6. The van der Waals surface area contributed by atoms with Crippen molar-refractivity contribution in [3.8, 4) is 11.5 Å². The van der Waals surface area contributed by atoms with Gasteiger partial charge in [0.05, 0.1) is 38.0 Å². The molecule has 0 saturated carbocycles. The average molecular weight is 423 g/mol. The van der Waals surface area contributed by atoms with Crippen LogP contribution in [-0.4, -0.2) is 68.4 Å². The number of rotatable bonds is 6. The molecule has 3 aliphatic rings. The zero-order valence-corrected chi connectivity index (χ0v) is 17.6. The van der Waals surface area contributed by atoms with Crippen molar-refractivity contribution in [2.75, 3.05) is 46.4 Å². The minimum Gasteiger partial charge on any atom is -0.493 e. The Morgan fingerprint density at radius 2 is 2.00 bits per heavy atom. The van der Waals surface area contributed by atoms with E-state index in [1.165, 1.54) is 6.07 Å². The van der Waals surface area contributed by atoms with Gasteiger partial charge in [-0.15, -0.1) is 0 Å². The van der Waals surface area contributed by atoms with Crippen molar-refractivity contribution < 1.29 is 13.9 Å². The molecule has 7 nitrogen and oxygen atoms in total. The van der Waals surface area contributed by atoms with Crippen LogP contribution >= 0.6 is 0 Å². The molecule has 0 atom stereocenters. The molecule has 1 saturated heterocycles. The molecule has 8 heteroatoms. The van der Waals surface area contributed by atoms with E-state index >= 15 is 0 Å². The molecule has 0 amide bonds. The molecule has 1 N–H and O–H groups in total. The summed E-state index contributed by atoms with van der Waals surface area (Å²) in [6.45, 7) is 6.28. The molecule has 162 valence electrons. The van der Waals surface area contributed by atoms with Crippen LogP contribution in [0.15, 0.2) is 40.3 Å². The smallest absolute Gasteiger partial charge is 0.162 e. The number of ether oxygens (including phenoxy) is 2. The first-order valence-electron chi connectivity index (χ1n) is 10.7. The summed E-state index contributed by atoms with van der Waals surface area (Å²) in [5.74, 6) is 1.82. The average Bonchev–Trinajstić information content (AvgIpc) is 2.81. The van der Waals surface area contributed by atoms with Crippen LogP contribution in [0.1, 0.15) is 17.5 Å². The maximum Gasteiger partial charge on any atom is 0.162 e. The Kier molecular flexibility index (Phi) is 5.57. The lowest BCUT2D eigenvalue weighted by Gasteiger charge is -2.31. The first-order valence-corrected chi connectivity index (χ1v) is 10.7. The zero-order valence-electron chi connectivity index (χ0n) is 17.6. The fourth-order valence-electron chi connectivity index (χ4n) is 4.19. The lowest BCUT2D eigenvalue weighted by molar-refractivity contribution is 0.211. The fraction of sp³-hybridized carbons (Fsp3) is 0.391. The Labute approximate surface area is 181 Å². The minimum atomic E-state index is -0.247. The molecule has 0 aliphatic carbocycles. The van der Waals surface area contributed by atoms with E-state index in [1.807, 2.05) is 23.1 Å². The van der Waals surface area contributed by atoms with Gasteiger partial charge in [0.1, 0.15) is 11.7 Å². The van der Waals surface area contributed by atoms with Crippen molar-refractivity contribution in [2.45, 2.75) is 13.0 Å². The van der Waals surface area contributed by atoms with Crippen LogP contribution in [0.25, 0.3) is 0 Å². The molecule has 2 aromatic rings. The predicted octanol–water partition coefficient (Wildman–Crippen LogP) is 3.08. The van der Waals surface area contributed by atoms with Gasteiger partial charge in [0.15, 0.2) is 11.5 Å². The monoisotopic (exact) mass is 423 g/mol.